The number of rotatable bonds is 13. The molecule has 5 N–H and O–H groups in total. The Morgan fingerprint density at radius 3 is 2.00 bits per heavy atom. The molecule has 0 aromatic carbocycles. The van der Waals surface area contributed by atoms with Crippen molar-refractivity contribution in [2.24, 2.45) is 16.6 Å². The highest BCUT2D eigenvalue weighted by atomic mass is 32.2. The van der Waals surface area contributed by atoms with Crippen molar-refractivity contribution in [1.29, 1.82) is 0 Å². The van der Waals surface area contributed by atoms with Gasteiger partial charge in [-0.25, -0.2) is 4.57 Å². The highest BCUT2D eigenvalue weighted by Gasteiger charge is 2.49. The molecule has 1 amide bonds. The number of hydrogen-bond acceptors (Lipinski definition) is 12. The largest absolute Gasteiger partial charge is 0.474 e. The van der Waals surface area contributed by atoms with Crippen LogP contribution >= 0.6 is 31.3 Å². The van der Waals surface area contributed by atoms with Crippen molar-refractivity contribution in [1.82, 2.24) is 0 Å². The van der Waals surface area contributed by atoms with E-state index < -0.39 is 55.7 Å². The number of thioether (sulfide) groups is 2. The number of ether oxygens (including phenoxy) is 1. The molecule has 0 bridgehead atoms. The summed E-state index contributed by atoms with van der Waals surface area (Å²) < 4.78 is 35.6. The number of nitrogens with two attached hydrogens (primary N) is 1. The predicted octanol–water partition coefficient (Wildman–Crippen LogP) is 1.37. The van der Waals surface area contributed by atoms with Crippen LogP contribution in [-0.2, 0) is 37.3 Å². The number of quaternary nitrogens is 1. The van der Waals surface area contributed by atoms with Gasteiger partial charge in [-0.3, -0.25) is 32.9 Å². The maximum Gasteiger partial charge on any atom is 0.474 e. The Balaban J connectivity index is 2.01. The van der Waals surface area contributed by atoms with Crippen LogP contribution in [0.5, 0.6) is 0 Å². The number of primary amides is 1. The van der Waals surface area contributed by atoms with E-state index in [0.717, 1.165) is 23.5 Å². The van der Waals surface area contributed by atoms with Crippen LogP contribution < -0.4 is 10.6 Å². The number of amides is 1. The Morgan fingerprint density at radius 1 is 1.00 bits per heavy atom. The molecular formula is C25H42N2O10PS2+. The fourth-order valence-electron chi connectivity index (χ4n) is 3.42. The van der Waals surface area contributed by atoms with E-state index in [1.165, 1.54) is 6.20 Å². The van der Waals surface area contributed by atoms with Crippen molar-refractivity contribution >= 4 is 47.5 Å². The molecule has 12 nitrogen and oxygen atoms in total. The van der Waals surface area contributed by atoms with E-state index >= 15 is 0 Å². The molecule has 2 heterocycles. The number of carbonyl (C=O) groups is 3. The van der Waals surface area contributed by atoms with Crippen LogP contribution in [0.1, 0.15) is 48.0 Å². The van der Waals surface area contributed by atoms with Crippen LogP contribution in [0, 0.1) is 10.8 Å². The van der Waals surface area contributed by atoms with E-state index in [4.69, 9.17) is 24.0 Å². The molecule has 2 aliphatic heterocycles. The zero-order valence-corrected chi connectivity index (χ0v) is 26.3. The quantitative estimate of drug-likeness (QED) is 0.171. The summed E-state index contributed by atoms with van der Waals surface area (Å²) in [4.78, 5) is 36.3. The molecule has 5 atom stereocenters. The van der Waals surface area contributed by atoms with Crippen LogP contribution in [0.4, 0.5) is 0 Å². The van der Waals surface area contributed by atoms with Crippen LogP contribution in [0.15, 0.2) is 24.0 Å². The lowest BCUT2D eigenvalue weighted by Gasteiger charge is -2.23. The summed E-state index contributed by atoms with van der Waals surface area (Å²) in [5.74, 6) is -0.200. The first kappa shape index (κ1) is 35.1. The molecule has 0 saturated carbocycles. The molecule has 0 radical (unpaired) electrons. The molecule has 40 heavy (non-hydrogen) atoms. The molecule has 0 aliphatic carbocycles. The second-order valence-electron chi connectivity index (χ2n) is 11.4. The number of aliphatic hydroxyl groups excluding tert-OH is 2. The van der Waals surface area contributed by atoms with E-state index in [1.54, 1.807) is 53.8 Å². The maximum absolute atomic E-state index is 13.4. The van der Waals surface area contributed by atoms with Gasteiger partial charge in [-0.15, -0.1) is 0 Å². The van der Waals surface area contributed by atoms with E-state index in [0.29, 0.717) is 16.9 Å². The van der Waals surface area contributed by atoms with Crippen molar-refractivity contribution in [2.45, 2.75) is 72.5 Å². The molecule has 1 saturated heterocycles. The van der Waals surface area contributed by atoms with Crippen molar-refractivity contribution < 1.29 is 52.4 Å². The van der Waals surface area contributed by atoms with Gasteiger partial charge in [0.15, 0.2) is 16.3 Å². The number of phosphoric acid groups is 1. The van der Waals surface area contributed by atoms with Gasteiger partial charge in [-0.05, 0) is 6.08 Å². The number of nitrogens with one attached hydrogen (secondary N) is 1. The molecular weight excluding hydrogens is 583 g/mol. The summed E-state index contributed by atoms with van der Waals surface area (Å²) in [5.41, 5.74) is 4.59. The summed E-state index contributed by atoms with van der Waals surface area (Å²) in [6.45, 7) is 10.0. The Bertz CT molecular complexity index is 986. The van der Waals surface area contributed by atoms with Gasteiger partial charge in [0.25, 0.3) is 0 Å². The van der Waals surface area contributed by atoms with Crippen molar-refractivity contribution in [3.8, 4) is 0 Å². The lowest BCUT2D eigenvalue weighted by atomic mass is 9.99. The fourth-order valence-corrected chi connectivity index (χ4v) is 6.42. The zero-order chi connectivity index (χ0) is 30.3. The molecule has 0 aromatic heterocycles. The van der Waals surface area contributed by atoms with Gasteiger partial charge in [0, 0.05) is 28.8 Å². The van der Waals surface area contributed by atoms with Gasteiger partial charge < -0.3 is 20.7 Å². The number of phosphoric ester groups is 1. The SMILES string of the molecule is CC(C)(C)C(=O)SCCOP(=O)(OCCSC(=O)C(C)(C)C)OCC1OC([NH+]2C=CCC(C(N)=O)=C2)C(O)C1O. The molecule has 0 aromatic rings. The van der Waals surface area contributed by atoms with E-state index in [9.17, 15) is 29.2 Å². The molecule has 228 valence electrons. The van der Waals surface area contributed by atoms with Gasteiger partial charge in [0.1, 0.15) is 18.4 Å². The summed E-state index contributed by atoms with van der Waals surface area (Å²) in [6, 6.07) is 0. The Hall–Kier alpha value is -1.06. The van der Waals surface area contributed by atoms with Crippen molar-refractivity contribution in [3.63, 3.8) is 0 Å². The second kappa shape index (κ2) is 14.9. The first-order valence-corrected chi connectivity index (χ1v) is 16.3. The van der Waals surface area contributed by atoms with E-state index in [2.05, 4.69) is 0 Å². The van der Waals surface area contributed by atoms with Gasteiger partial charge in [-0.2, -0.15) is 0 Å². The third kappa shape index (κ3) is 10.6. The third-order valence-corrected chi connectivity index (χ3v) is 9.70. The first-order chi connectivity index (χ1) is 18.4. The molecule has 0 spiro atoms. The summed E-state index contributed by atoms with van der Waals surface area (Å²) >= 11 is 2.06. The van der Waals surface area contributed by atoms with Crippen molar-refractivity contribution in [2.75, 3.05) is 31.3 Å². The molecule has 2 aliphatic rings. The minimum absolute atomic E-state index is 0.0600. The smallest absolute Gasteiger partial charge is 0.387 e. The van der Waals surface area contributed by atoms with Crippen LogP contribution in [-0.4, -0.2) is 82.2 Å². The maximum atomic E-state index is 13.4. The van der Waals surface area contributed by atoms with Gasteiger partial charge >= 0.3 is 7.82 Å². The average molecular weight is 626 g/mol. The lowest BCUT2D eigenvalue weighted by molar-refractivity contribution is -0.853. The summed E-state index contributed by atoms with van der Waals surface area (Å²) in [7, 11) is -4.21. The monoisotopic (exact) mass is 625 g/mol. The molecule has 5 unspecified atom stereocenters. The highest BCUT2D eigenvalue weighted by Crippen LogP contribution is 2.50. The van der Waals surface area contributed by atoms with E-state index in [1.807, 2.05) is 0 Å². The Labute approximate surface area is 244 Å². The van der Waals surface area contributed by atoms with Crippen LogP contribution in [0.2, 0.25) is 0 Å². The Kier molecular flexibility index (Phi) is 13.1. The minimum Gasteiger partial charge on any atom is -0.387 e. The predicted molar refractivity (Wildman–Crippen MR) is 152 cm³/mol. The first-order valence-electron chi connectivity index (χ1n) is 12.9. The standard InChI is InChI=1S/C25H41N2O10PS2/c1-24(2,3)22(31)39-12-10-34-38(33,35-11-13-40-23(32)25(4,5)6)36-15-17-18(28)19(29)21(37-17)27-9-7-8-16(14-27)20(26)30/h7,9,14,17-19,21,28-29H,8,10-13,15H2,1-6H3,(H2,26,30)/p+1. The normalized spacial score (nSPS) is 25.6. The molecule has 15 heteroatoms. The van der Waals surface area contributed by atoms with E-state index in [-0.39, 0.29) is 35.0 Å². The number of carbonyl (C=O) groups excluding carboxylic acids is 3. The second-order valence-corrected chi connectivity index (χ2v) is 15.2. The topological polar surface area (TPSA) is 176 Å². The fraction of sp³-hybridized carbons (Fsp3) is 0.720. The lowest BCUT2D eigenvalue weighted by Crippen LogP contribution is -3.09. The summed E-state index contributed by atoms with van der Waals surface area (Å²) in [5, 5.41) is 21.0. The zero-order valence-electron chi connectivity index (χ0n) is 23.8. The van der Waals surface area contributed by atoms with Crippen LogP contribution in [0.25, 0.3) is 0 Å². The van der Waals surface area contributed by atoms with Crippen molar-refractivity contribution in [3.05, 3.63) is 24.0 Å². The van der Waals surface area contributed by atoms with Gasteiger partial charge in [-0.1, -0.05) is 65.1 Å². The molecule has 2 rings (SSSR count). The van der Waals surface area contributed by atoms with Gasteiger partial charge in [0.05, 0.1) is 31.6 Å². The third-order valence-electron chi connectivity index (χ3n) is 5.75. The molecule has 1 fully saturated rings. The highest BCUT2D eigenvalue weighted by molar-refractivity contribution is 8.14. The van der Waals surface area contributed by atoms with Crippen LogP contribution in [0.3, 0.4) is 0 Å². The average Bonchev–Trinajstić information content (AvgIpc) is 3.15. The summed E-state index contributed by atoms with van der Waals surface area (Å²) in [6.07, 6.45) is 0.398. The number of aliphatic hydroxyl groups is 2. The Morgan fingerprint density at radius 2 is 1.52 bits per heavy atom. The number of allylic oxidation sites excluding steroid dienone is 1. The minimum atomic E-state index is -4.21. The van der Waals surface area contributed by atoms with Gasteiger partial charge in [0.2, 0.25) is 12.1 Å². The number of hydrogen-bond donors (Lipinski definition) is 4.